The summed E-state index contributed by atoms with van der Waals surface area (Å²) in [5.41, 5.74) is 1.30. The molecular formula is C16H27NO. The van der Waals surface area contributed by atoms with Gasteiger partial charge in [-0.2, -0.15) is 0 Å². The van der Waals surface area contributed by atoms with E-state index in [0.717, 1.165) is 25.8 Å². The fourth-order valence-electron chi connectivity index (χ4n) is 2.28. The highest BCUT2D eigenvalue weighted by Crippen LogP contribution is 2.19. The first kappa shape index (κ1) is 15.2. The van der Waals surface area contributed by atoms with Crippen molar-refractivity contribution in [3.63, 3.8) is 0 Å². The van der Waals surface area contributed by atoms with Crippen LogP contribution in [-0.4, -0.2) is 23.8 Å². The molecule has 0 aliphatic heterocycles. The third-order valence-corrected chi connectivity index (χ3v) is 4.10. The summed E-state index contributed by atoms with van der Waals surface area (Å²) in [6.45, 7) is 7.70. The molecule has 0 spiro atoms. The average molecular weight is 249 g/mol. The minimum Gasteiger partial charge on any atom is -0.394 e. The maximum absolute atomic E-state index is 9.50. The molecule has 0 bridgehead atoms. The summed E-state index contributed by atoms with van der Waals surface area (Å²) in [5, 5.41) is 13.0. The van der Waals surface area contributed by atoms with Gasteiger partial charge in [-0.05, 0) is 37.3 Å². The van der Waals surface area contributed by atoms with E-state index in [-0.39, 0.29) is 12.1 Å². The molecule has 0 fully saturated rings. The Hall–Kier alpha value is -0.860. The van der Waals surface area contributed by atoms with Crippen LogP contribution in [0.5, 0.6) is 0 Å². The second kappa shape index (κ2) is 7.55. The van der Waals surface area contributed by atoms with Gasteiger partial charge in [-0.25, -0.2) is 0 Å². The summed E-state index contributed by atoms with van der Waals surface area (Å²) in [7, 11) is 0. The lowest BCUT2D eigenvalue weighted by atomic mass is 9.92. The Balaban J connectivity index is 2.42. The van der Waals surface area contributed by atoms with Gasteiger partial charge in [0.05, 0.1) is 6.61 Å². The van der Waals surface area contributed by atoms with E-state index in [2.05, 4.69) is 56.4 Å². The van der Waals surface area contributed by atoms with Gasteiger partial charge in [-0.1, -0.05) is 51.1 Å². The van der Waals surface area contributed by atoms with Crippen LogP contribution in [0.15, 0.2) is 30.3 Å². The Bertz CT molecular complexity index is 311. The number of rotatable bonds is 8. The molecule has 0 aromatic heterocycles. The third-order valence-electron chi connectivity index (χ3n) is 4.10. The fourth-order valence-corrected chi connectivity index (χ4v) is 2.28. The minimum atomic E-state index is -0.0869. The number of benzene rings is 1. The molecule has 18 heavy (non-hydrogen) atoms. The molecule has 0 saturated heterocycles. The van der Waals surface area contributed by atoms with Gasteiger partial charge in [0.25, 0.3) is 0 Å². The number of hydrogen-bond donors (Lipinski definition) is 2. The van der Waals surface area contributed by atoms with Crippen molar-refractivity contribution in [3.8, 4) is 0 Å². The van der Waals surface area contributed by atoms with Crippen molar-refractivity contribution in [1.82, 2.24) is 5.32 Å². The van der Waals surface area contributed by atoms with E-state index < -0.39 is 0 Å². The van der Waals surface area contributed by atoms with Crippen molar-refractivity contribution < 1.29 is 5.11 Å². The molecule has 2 heteroatoms. The van der Waals surface area contributed by atoms with Gasteiger partial charge in [-0.15, -0.1) is 0 Å². The summed E-state index contributed by atoms with van der Waals surface area (Å²) >= 11 is 0. The Kier molecular flexibility index (Phi) is 6.37. The molecule has 1 aromatic carbocycles. The average Bonchev–Trinajstić information content (AvgIpc) is 2.45. The zero-order valence-electron chi connectivity index (χ0n) is 11.9. The molecule has 2 N–H and O–H groups in total. The number of aliphatic hydroxyl groups excluding tert-OH is 1. The van der Waals surface area contributed by atoms with Crippen LogP contribution >= 0.6 is 0 Å². The monoisotopic (exact) mass is 249 g/mol. The minimum absolute atomic E-state index is 0.0869. The molecule has 1 unspecified atom stereocenters. The predicted octanol–water partition coefficient (Wildman–Crippen LogP) is 3.32. The number of nitrogens with one attached hydrogen (secondary N) is 1. The van der Waals surface area contributed by atoms with Gasteiger partial charge < -0.3 is 10.4 Å². The highest BCUT2D eigenvalue weighted by atomic mass is 16.3. The number of aliphatic hydroxyl groups is 1. The van der Waals surface area contributed by atoms with E-state index in [1.54, 1.807) is 0 Å². The molecule has 0 radical (unpaired) electrons. The van der Waals surface area contributed by atoms with E-state index in [4.69, 9.17) is 0 Å². The SMILES string of the molecule is CCC(CC)(CO)NCCC(C)c1ccccc1. The van der Waals surface area contributed by atoms with Crippen LogP contribution in [0.4, 0.5) is 0 Å². The molecule has 2 nitrogen and oxygen atoms in total. The first-order chi connectivity index (χ1) is 8.67. The maximum atomic E-state index is 9.50. The summed E-state index contributed by atoms with van der Waals surface area (Å²) in [6, 6.07) is 10.6. The molecule has 1 rings (SSSR count). The van der Waals surface area contributed by atoms with E-state index in [0.29, 0.717) is 5.92 Å². The Labute approximate surface area is 111 Å². The molecule has 1 atom stereocenters. The van der Waals surface area contributed by atoms with E-state index in [1.165, 1.54) is 5.56 Å². The third kappa shape index (κ3) is 4.11. The van der Waals surface area contributed by atoms with E-state index in [1.807, 2.05) is 0 Å². The van der Waals surface area contributed by atoms with Crippen LogP contribution in [0, 0.1) is 0 Å². The maximum Gasteiger partial charge on any atom is 0.0613 e. The molecule has 1 aromatic rings. The van der Waals surface area contributed by atoms with Crippen LogP contribution in [0.1, 0.15) is 51.5 Å². The number of hydrogen-bond acceptors (Lipinski definition) is 2. The zero-order chi connectivity index (χ0) is 13.4. The molecular weight excluding hydrogens is 222 g/mol. The standard InChI is InChI=1S/C16H27NO/c1-4-16(5-2,13-18)17-12-11-14(3)15-9-7-6-8-10-15/h6-10,14,17-18H,4-5,11-13H2,1-3H3. The molecule has 0 amide bonds. The summed E-state index contributed by atoms with van der Waals surface area (Å²) in [5.74, 6) is 0.559. The zero-order valence-corrected chi connectivity index (χ0v) is 11.9. The van der Waals surface area contributed by atoms with Crippen LogP contribution in [0.25, 0.3) is 0 Å². The Morgan fingerprint density at radius 3 is 2.28 bits per heavy atom. The summed E-state index contributed by atoms with van der Waals surface area (Å²) in [4.78, 5) is 0. The van der Waals surface area contributed by atoms with Gasteiger partial charge in [0, 0.05) is 5.54 Å². The quantitative estimate of drug-likeness (QED) is 0.741. The normalized spacial score (nSPS) is 13.6. The van der Waals surface area contributed by atoms with Crippen molar-refractivity contribution in [1.29, 1.82) is 0 Å². The first-order valence-electron chi connectivity index (χ1n) is 7.08. The Morgan fingerprint density at radius 2 is 1.78 bits per heavy atom. The van der Waals surface area contributed by atoms with Crippen LogP contribution in [0.3, 0.4) is 0 Å². The van der Waals surface area contributed by atoms with E-state index in [9.17, 15) is 5.11 Å². The lowest BCUT2D eigenvalue weighted by molar-refractivity contribution is 0.150. The van der Waals surface area contributed by atoms with Crippen molar-refractivity contribution in [2.45, 2.75) is 51.5 Å². The Morgan fingerprint density at radius 1 is 1.17 bits per heavy atom. The van der Waals surface area contributed by atoms with Gasteiger partial charge >= 0.3 is 0 Å². The molecule has 0 heterocycles. The van der Waals surface area contributed by atoms with Gasteiger partial charge in [0.1, 0.15) is 0 Å². The highest BCUT2D eigenvalue weighted by molar-refractivity contribution is 5.18. The van der Waals surface area contributed by atoms with Crippen molar-refractivity contribution >= 4 is 0 Å². The first-order valence-corrected chi connectivity index (χ1v) is 7.08. The molecule has 102 valence electrons. The topological polar surface area (TPSA) is 32.3 Å². The van der Waals surface area contributed by atoms with Crippen molar-refractivity contribution in [2.24, 2.45) is 0 Å². The van der Waals surface area contributed by atoms with Gasteiger partial charge in [0.15, 0.2) is 0 Å². The van der Waals surface area contributed by atoms with Crippen LogP contribution < -0.4 is 5.32 Å². The second-order valence-electron chi connectivity index (χ2n) is 5.17. The van der Waals surface area contributed by atoms with Crippen molar-refractivity contribution in [3.05, 3.63) is 35.9 Å². The van der Waals surface area contributed by atoms with Crippen LogP contribution in [-0.2, 0) is 0 Å². The van der Waals surface area contributed by atoms with Gasteiger partial charge in [0.2, 0.25) is 0 Å². The molecule has 0 aliphatic carbocycles. The fraction of sp³-hybridized carbons (Fsp3) is 0.625. The highest BCUT2D eigenvalue weighted by Gasteiger charge is 2.23. The second-order valence-corrected chi connectivity index (χ2v) is 5.17. The molecule has 0 aliphatic rings. The smallest absolute Gasteiger partial charge is 0.0613 e. The largest absolute Gasteiger partial charge is 0.394 e. The van der Waals surface area contributed by atoms with Crippen LogP contribution in [0.2, 0.25) is 0 Å². The lowest BCUT2D eigenvalue weighted by Gasteiger charge is -2.31. The summed E-state index contributed by atoms with van der Waals surface area (Å²) in [6.07, 6.45) is 3.05. The summed E-state index contributed by atoms with van der Waals surface area (Å²) < 4.78 is 0. The van der Waals surface area contributed by atoms with Gasteiger partial charge in [-0.3, -0.25) is 0 Å². The van der Waals surface area contributed by atoms with E-state index >= 15 is 0 Å². The molecule has 0 saturated carbocycles. The van der Waals surface area contributed by atoms with Crippen molar-refractivity contribution in [2.75, 3.05) is 13.2 Å². The predicted molar refractivity (Wildman–Crippen MR) is 77.9 cm³/mol. The lowest BCUT2D eigenvalue weighted by Crippen LogP contribution is -2.48.